The third-order valence-electron chi connectivity index (χ3n) is 2.86. The summed E-state index contributed by atoms with van der Waals surface area (Å²) >= 11 is 3.53. The Bertz CT molecular complexity index is 552. The molecule has 1 unspecified atom stereocenters. The standard InChI is InChI=1S/C14H16BrN3/c1-9(16)12-8-17-14(18-10(12)2)7-11-5-3-4-6-13(11)15/h3-6,8-9H,7,16H2,1-2H3. The molecule has 1 heterocycles. The minimum atomic E-state index is -0.0255. The van der Waals surface area contributed by atoms with Crippen molar-refractivity contribution in [2.45, 2.75) is 26.3 Å². The van der Waals surface area contributed by atoms with Crippen molar-refractivity contribution in [2.24, 2.45) is 5.73 Å². The smallest absolute Gasteiger partial charge is 0.132 e. The molecule has 2 aromatic rings. The maximum absolute atomic E-state index is 5.85. The van der Waals surface area contributed by atoms with Crippen LogP contribution in [-0.2, 0) is 6.42 Å². The van der Waals surface area contributed by atoms with Gasteiger partial charge in [-0.15, -0.1) is 0 Å². The van der Waals surface area contributed by atoms with Gasteiger partial charge >= 0.3 is 0 Å². The molecular weight excluding hydrogens is 290 g/mol. The third kappa shape index (κ3) is 2.94. The Morgan fingerprint density at radius 2 is 2.06 bits per heavy atom. The van der Waals surface area contributed by atoms with Gasteiger partial charge in [-0.05, 0) is 25.5 Å². The molecule has 0 aliphatic rings. The van der Waals surface area contributed by atoms with Crippen LogP contribution in [0.2, 0.25) is 0 Å². The summed E-state index contributed by atoms with van der Waals surface area (Å²) in [7, 11) is 0. The molecule has 4 heteroatoms. The molecule has 0 aliphatic carbocycles. The zero-order valence-corrected chi connectivity index (χ0v) is 12.1. The molecule has 0 saturated heterocycles. The van der Waals surface area contributed by atoms with Gasteiger partial charge in [0.15, 0.2) is 0 Å². The highest BCUT2D eigenvalue weighted by Crippen LogP contribution is 2.19. The number of aromatic nitrogens is 2. The zero-order valence-electron chi connectivity index (χ0n) is 10.5. The lowest BCUT2D eigenvalue weighted by Crippen LogP contribution is -2.10. The van der Waals surface area contributed by atoms with E-state index < -0.39 is 0 Å². The average Bonchev–Trinajstić information content (AvgIpc) is 2.32. The highest BCUT2D eigenvalue weighted by atomic mass is 79.9. The molecule has 1 aromatic carbocycles. The lowest BCUT2D eigenvalue weighted by Gasteiger charge is -2.10. The first-order valence-electron chi connectivity index (χ1n) is 5.89. The summed E-state index contributed by atoms with van der Waals surface area (Å²) < 4.78 is 1.09. The highest BCUT2D eigenvalue weighted by Gasteiger charge is 2.08. The van der Waals surface area contributed by atoms with Crippen molar-refractivity contribution in [3.63, 3.8) is 0 Å². The maximum atomic E-state index is 5.85. The normalized spacial score (nSPS) is 12.4. The van der Waals surface area contributed by atoms with Crippen LogP contribution in [0.5, 0.6) is 0 Å². The molecule has 3 nitrogen and oxygen atoms in total. The van der Waals surface area contributed by atoms with E-state index in [-0.39, 0.29) is 6.04 Å². The molecule has 0 spiro atoms. The monoisotopic (exact) mass is 305 g/mol. The number of hydrogen-bond acceptors (Lipinski definition) is 3. The Morgan fingerprint density at radius 1 is 1.33 bits per heavy atom. The molecule has 2 rings (SSSR count). The summed E-state index contributed by atoms with van der Waals surface area (Å²) in [6.07, 6.45) is 2.56. The summed E-state index contributed by atoms with van der Waals surface area (Å²) in [4.78, 5) is 8.90. The van der Waals surface area contributed by atoms with Crippen molar-refractivity contribution in [1.29, 1.82) is 0 Å². The van der Waals surface area contributed by atoms with Gasteiger partial charge in [-0.25, -0.2) is 9.97 Å². The number of nitrogens with two attached hydrogens (primary N) is 1. The van der Waals surface area contributed by atoms with Crippen molar-refractivity contribution in [3.8, 4) is 0 Å². The van der Waals surface area contributed by atoms with Crippen molar-refractivity contribution in [1.82, 2.24) is 9.97 Å². The summed E-state index contributed by atoms with van der Waals surface area (Å²) in [5, 5.41) is 0. The van der Waals surface area contributed by atoms with Gasteiger partial charge in [0.2, 0.25) is 0 Å². The second-order valence-corrected chi connectivity index (χ2v) is 5.24. The van der Waals surface area contributed by atoms with E-state index >= 15 is 0 Å². The Kier molecular flexibility index (Phi) is 4.09. The molecule has 0 saturated carbocycles. The largest absolute Gasteiger partial charge is 0.324 e. The number of benzene rings is 1. The van der Waals surface area contributed by atoms with E-state index in [2.05, 4.69) is 32.0 Å². The topological polar surface area (TPSA) is 51.8 Å². The fourth-order valence-corrected chi connectivity index (χ4v) is 2.29. The maximum Gasteiger partial charge on any atom is 0.132 e. The molecule has 0 aliphatic heterocycles. The van der Waals surface area contributed by atoms with Gasteiger partial charge in [0, 0.05) is 34.4 Å². The average molecular weight is 306 g/mol. The number of nitrogens with zero attached hydrogens (tertiary/aromatic N) is 2. The number of halogens is 1. The predicted octanol–water partition coefficient (Wildman–Crippen LogP) is 3.16. The molecule has 18 heavy (non-hydrogen) atoms. The van der Waals surface area contributed by atoms with Gasteiger partial charge in [0.25, 0.3) is 0 Å². The second kappa shape index (κ2) is 5.59. The second-order valence-electron chi connectivity index (χ2n) is 4.38. The van der Waals surface area contributed by atoms with Crippen molar-refractivity contribution < 1.29 is 0 Å². The lowest BCUT2D eigenvalue weighted by atomic mass is 10.1. The van der Waals surface area contributed by atoms with Crippen molar-refractivity contribution in [2.75, 3.05) is 0 Å². The molecule has 1 atom stereocenters. The van der Waals surface area contributed by atoms with Gasteiger partial charge in [0.05, 0.1) is 0 Å². The van der Waals surface area contributed by atoms with Gasteiger partial charge < -0.3 is 5.73 Å². The summed E-state index contributed by atoms with van der Waals surface area (Å²) in [5.41, 5.74) is 9.01. The number of aryl methyl sites for hydroxylation is 1. The van der Waals surface area contributed by atoms with Gasteiger partial charge in [-0.2, -0.15) is 0 Å². The van der Waals surface area contributed by atoms with E-state index in [4.69, 9.17) is 5.73 Å². The minimum absolute atomic E-state index is 0.0255. The predicted molar refractivity (Wildman–Crippen MR) is 76.3 cm³/mol. The summed E-state index contributed by atoms with van der Waals surface area (Å²) in [6, 6.07) is 8.09. The van der Waals surface area contributed by atoms with Gasteiger partial charge in [-0.1, -0.05) is 34.1 Å². The van der Waals surface area contributed by atoms with Crippen LogP contribution in [0, 0.1) is 6.92 Å². The van der Waals surface area contributed by atoms with Crippen LogP contribution in [0.15, 0.2) is 34.9 Å². The van der Waals surface area contributed by atoms with E-state index in [1.165, 1.54) is 5.56 Å². The Morgan fingerprint density at radius 3 is 2.67 bits per heavy atom. The highest BCUT2D eigenvalue weighted by molar-refractivity contribution is 9.10. The van der Waals surface area contributed by atoms with Crippen molar-refractivity contribution >= 4 is 15.9 Å². The molecule has 1 aromatic heterocycles. The number of hydrogen-bond donors (Lipinski definition) is 1. The fraction of sp³-hybridized carbons (Fsp3) is 0.286. The van der Waals surface area contributed by atoms with Crippen LogP contribution < -0.4 is 5.73 Å². The van der Waals surface area contributed by atoms with Crippen LogP contribution in [0.25, 0.3) is 0 Å². The Labute approximate surface area is 116 Å². The van der Waals surface area contributed by atoms with Crippen molar-refractivity contribution in [3.05, 3.63) is 57.6 Å². The van der Waals surface area contributed by atoms with E-state index in [0.29, 0.717) is 0 Å². The van der Waals surface area contributed by atoms with Crippen LogP contribution in [0.3, 0.4) is 0 Å². The summed E-state index contributed by atoms with van der Waals surface area (Å²) in [6.45, 7) is 3.92. The van der Waals surface area contributed by atoms with Gasteiger partial charge in [0.1, 0.15) is 5.82 Å². The molecule has 0 radical (unpaired) electrons. The molecular formula is C14H16BrN3. The van der Waals surface area contributed by atoms with E-state index in [1.807, 2.05) is 38.2 Å². The first-order valence-corrected chi connectivity index (χ1v) is 6.68. The summed E-state index contributed by atoms with van der Waals surface area (Å²) in [5.74, 6) is 0.823. The lowest BCUT2D eigenvalue weighted by molar-refractivity contribution is 0.776. The fourth-order valence-electron chi connectivity index (χ4n) is 1.87. The van der Waals surface area contributed by atoms with Crippen LogP contribution in [-0.4, -0.2) is 9.97 Å². The first kappa shape index (κ1) is 13.2. The molecule has 2 N–H and O–H groups in total. The number of rotatable bonds is 3. The van der Waals surface area contributed by atoms with Crippen LogP contribution in [0.4, 0.5) is 0 Å². The SMILES string of the molecule is Cc1nc(Cc2ccccc2Br)ncc1C(C)N. The Hall–Kier alpha value is -1.26. The Balaban J connectivity index is 2.26. The quantitative estimate of drug-likeness (QED) is 0.947. The van der Waals surface area contributed by atoms with Crippen LogP contribution in [0.1, 0.15) is 35.6 Å². The van der Waals surface area contributed by atoms with E-state index in [1.54, 1.807) is 0 Å². The zero-order chi connectivity index (χ0) is 13.1. The van der Waals surface area contributed by atoms with Gasteiger partial charge in [-0.3, -0.25) is 0 Å². The minimum Gasteiger partial charge on any atom is -0.324 e. The van der Waals surface area contributed by atoms with Crippen LogP contribution >= 0.6 is 15.9 Å². The molecule has 0 bridgehead atoms. The van der Waals surface area contributed by atoms with E-state index in [0.717, 1.165) is 28.0 Å². The first-order chi connectivity index (χ1) is 8.58. The molecule has 0 fully saturated rings. The van der Waals surface area contributed by atoms with E-state index in [9.17, 15) is 0 Å². The third-order valence-corrected chi connectivity index (χ3v) is 3.64. The molecule has 0 amide bonds. The molecule has 94 valence electrons.